The molecule has 0 aliphatic carbocycles. The van der Waals surface area contributed by atoms with Gasteiger partial charge in [0.1, 0.15) is 18.0 Å². The Kier molecular flexibility index (Phi) is 5.91. The highest BCUT2D eigenvalue weighted by atomic mass is 35.5. The second kappa shape index (κ2) is 9.44. The van der Waals surface area contributed by atoms with E-state index < -0.39 is 12.0 Å². The highest BCUT2D eigenvalue weighted by Gasteiger charge is 2.28. The lowest BCUT2D eigenvalue weighted by Gasteiger charge is -2.15. The lowest BCUT2D eigenvalue weighted by molar-refractivity contribution is 0.203. The Labute approximate surface area is 224 Å². The van der Waals surface area contributed by atoms with Gasteiger partial charge in [0.25, 0.3) is 5.56 Å². The molecular formula is C25H19ClFN9O3. The van der Waals surface area contributed by atoms with Crippen molar-refractivity contribution in [2.24, 2.45) is 0 Å². The van der Waals surface area contributed by atoms with Crippen molar-refractivity contribution in [2.45, 2.75) is 18.9 Å². The van der Waals surface area contributed by atoms with Crippen molar-refractivity contribution in [2.75, 3.05) is 11.9 Å². The SMILES string of the molecule is CN(C(=O)O)c1ccc(-c2cnc([C@@H]3CCc4cc(-c5cc(Cl)ccc5-n5cnnn5)cc(=O)n43)[nH]2)c(F)n1. The molecule has 1 atom stereocenters. The summed E-state index contributed by atoms with van der Waals surface area (Å²) in [5.74, 6) is -0.385. The molecule has 2 N–H and O–H groups in total. The van der Waals surface area contributed by atoms with Gasteiger partial charge in [0.05, 0.1) is 29.2 Å². The van der Waals surface area contributed by atoms with Crippen LogP contribution in [0.3, 0.4) is 0 Å². The van der Waals surface area contributed by atoms with Crippen molar-refractivity contribution >= 4 is 23.5 Å². The normalized spacial score (nSPS) is 14.4. The molecular weight excluding hydrogens is 529 g/mol. The van der Waals surface area contributed by atoms with Gasteiger partial charge in [0, 0.05) is 29.4 Å². The quantitative estimate of drug-likeness (QED) is 0.316. The largest absolute Gasteiger partial charge is 0.465 e. The topological polar surface area (TPSA) is 148 Å². The van der Waals surface area contributed by atoms with Gasteiger partial charge in [-0.2, -0.15) is 9.07 Å². The minimum Gasteiger partial charge on any atom is -0.465 e. The van der Waals surface area contributed by atoms with Gasteiger partial charge in [-0.05, 0) is 65.2 Å². The van der Waals surface area contributed by atoms with Crippen LogP contribution in [0.4, 0.5) is 15.0 Å². The smallest absolute Gasteiger partial charge is 0.412 e. The summed E-state index contributed by atoms with van der Waals surface area (Å²) in [7, 11) is 1.28. The number of hydrogen-bond acceptors (Lipinski definition) is 7. The van der Waals surface area contributed by atoms with Crippen LogP contribution in [-0.2, 0) is 6.42 Å². The average molecular weight is 548 g/mol. The summed E-state index contributed by atoms with van der Waals surface area (Å²) < 4.78 is 17.9. The van der Waals surface area contributed by atoms with Gasteiger partial charge >= 0.3 is 6.09 Å². The molecule has 14 heteroatoms. The Hall–Kier alpha value is -4.91. The number of carboxylic acid groups (broad SMARTS) is 1. The van der Waals surface area contributed by atoms with E-state index in [4.69, 9.17) is 16.7 Å². The molecule has 0 spiro atoms. The molecule has 1 aromatic carbocycles. The zero-order valence-corrected chi connectivity index (χ0v) is 21.0. The molecule has 5 aromatic rings. The van der Waals surface area contributed by atoms with E-state index in [-0.39, 0.29) is 23.0 Å². The number of anilines is 1. The van der Waals surface area contributed by atoms with Crippen LogP contribution >= 0.6 is 11.6 Å². The number of imidazole rings is 1. The van der Waals surface area contributed by atoms with Crippen LogP contribution in [0.1, 0.15) is 24.0 Å². The van der Waals surface area contributed by atoms with Gasteiger partial charge in [-0.1, -0.05) is 11.6 Å². The summed E-state index contributed by atoms with van der Waals surface area (Å²) in [4.78, 5) is 36.6. The van der Waals surface area contributed by atoms with Crippen molar-refractivity contribution in [3.63, 3.8) is 0 Å². The number of fused-ring (bicyclic) bond motifs is 1. The second-order valence-corrected chi connectivity index (χ2v) is 9.38. The maximum Gasteiger partial charge on any atom is 0.412 e. The second-order valence-electron chi connectivity index (χ2n) is 8.95. The van der Waals surface area contributed by atoms with Gasteiger partial charge in [-0.15, -0.1) is 5.10 Å². The lowest BCUT2D eigenvalue weighted by Crippen LogP contribution is -2.25. The van der Waals surface area contributed by atoms with Crippen molar-refractivity contribution in [3.8, 4) is 28.1 Å². The first-order chi connectivity index (χ1) is 18.8. The Morgan fingerprint density at radius 2 is 2.05 bits per heavy atom. The van der Waals surface area contributed by atoms with Crippen LogP contribution < -0.4 is 10.5 Å². The summed E-state index contributed by atoms with van der Waals surface area (Å²) in [5, 5.41) is 20.9. The van der Waals surface area contributed by atoms with Gasteiger partial charge in [-0.25, -0.2) is 14.8 Å². The van der Waals surface area contributed by atoms with Crippen molar-refractivity contribution < 1.29 is 14.3 Å². The highest BCUT2D eigenvalue weighted by Crippen LogP contribution is 2.34. The Balaban J connectivity index is 1.34. The van der Waals surface area contributed by atoms with Crippen LogP contribution in [0.15, 0.2) is 59.8 Å². The first-order valence-electron chi connectivity index (χ1n) is 11.8. The number of aromatic amines is 1. The third-order valence-electron chi connectivity index (χ3n) is 6.66. The van der Waals surface area contributed by atoms with E-state index in [1.807, 2.05) is 6.07 Å². The Morgan fingerprint density at radius 1 is 1.21 bits per heavy atom. The number of amides is 1. The minimum absolute atomic E-state index is 0.0430. The summed E-state index contributed by atoms with van der Waals surface area (Å²) in [6, 6.07) is 11.2. The average Bonchev–Trinajstić information content (AvgIpc) is 3.69. The molecule has 0 unspecified atom stereocenters. The number of aromatic nitrogens is 8. The monoisotopic (exact) mass is 547 g/mol. The maximum atomic E-state index is 14.8. The first kappa shape index (κ1) is 24.4. The van der Waals surface area contributed by atoms with Gasteiger partial charge in [-0.3, -0.25) is 9.69 Å². The standard InChI is InChI=1S/C25H19ClFN9O3/c1-34(25(38)39)21-7-4-16(23(27)31-21)18-11-28-24(30-18)20-6-3-15-8-13(9-22(37)36(15)20)17-10-14(26)2-5-19(17)35-12-29-32-33-35/h2,4-5,7-12,20H,3,6H2,1H3,(H,28,30)(H,38,39)/t20-/m0/s1. The highest BCUT2D eigenvalue weighted by molar-refractivity contribution is 6.31. The zero-order valence-electron chi connectivity index (χ0n) is 20.3. The molecule has 12 nitrogen and oxygen atoms in total. The number of pyridine rings is 2. The molecule has 4 aromatic heterocycles. The summed E-state index contributed by atoms with van der Waals surface area (Å²) >= 11 is 6.27. The van der Waals surface area contributed by atoms with E-state index in [0.29, 0.717) is 46.2 Å². The number of aryl methyl sites for hydroxylation is 1. The van der Waals surface area contributed by atoms with Crippen LogP contribution in [0, 0.1) is 5.95 Å². The number of carbonyl (C=O) groups is 1. The zero-order chi connectivity index (χ0) is 27.3. The molecule has 1 aliphatic heterocycles. The number of rotatable bonds is 5. The van der Waals surface area contributed by atoms with Crippen LogP contribution in [0.5, 0.6) is 0 Å². The Morgan fingerprint density at radius 3 is 2.79 bits per heavy atom. The number of nitrogens with zero attached hydrogens (tertiary/aromatic N) is 8. The molecule has 1 amide bonds. The molecule has 0 saturated carbocycles. The fourth-order valence-electron chi connectivity index (χ4n) is 4.77. The Bertz CT molecular complexity index is 1780. The molecule has 196 valence electrons. The van der Waals surface area contributed by atoms with E-state index in [1.165, 1.54) is 42.5 Å². The van der Waals surface area contributed by atoms with E-state index in [1.54, 1.807) is 22.8 Å². The van der Waals surface area contributed by atoms with E-state index in [9.17, 15) is 14.0 Å². The molecule has 0 radical (unpaired) electrons. The van der Waals surface area contributed by atoms with Gasteiger partial charge in [0.2, 0.25) is 5.95 Å². The minimum atomic E-state index is -1.26. The summed E-state index contributed by atoms with van der Waals surface area (Å²) in [6.07, 6.45) is 2.92. The van der Waals surface area contributed by atoms with E-state index in [2.05, 4.69) is 30.5 Å². The molecule has 39 heavy (non-hydrogen) atoms. The first-order valence-corrected chi connectivity index (χ1v) is 12.1. The van der Waals surface area contributed by atoms with Crippen molar-refractivity contribution in [3.05, 3.63) is 87.8 Å². The molecule has 5 heterocycles. The van der Waals surface area contributed by atoms with Crippen LogP contribution in [-0.4, -0.2) is 58.0 Å². The summed E-state index contributed by atoms with van der Waals surface area (Å²) in [6.45, 7) is 0. The fourth-order valence-corrected chi connectivity index (χ4v) is 4.95. The molecule has 0 bridgehead atoms. The van der Waals surface area contributed by atoms with Gasteiger partial charge in [0.15, 0.2) is 0 Å². The van der Waals surface area contributed by atoms with Crippen LogP contribution in [0.2, 0.25) is 5.02 Å². The molecule has 1 aliphatic rings. The number of halogens is 2. The number of hydrogen-bond donors (Lipinski definition) is 2. The maximum absolute atomic E-state index is 14.8. The number of nitrogens with one attached hydrogen (secondary N) is 1. The molecule has 6 rings (SSSR count). The fraction of sp³-hybridized carbons (Fsp3) is 0.160. The van der Waals surface area contributed by atoms with Gasteiger partial charge < -0.3 is 14.7 Å². The molecule has 0 saturated heterocycles. The number of benzene rings is 1. The van der Waals surface area contributed by atoms with E-state index in [0.717, 1.165) is 10.6 Å². The number of H-pyrrole nitrogens is 1. The number of tetrazole rings is 1. The molecule has 0 fully saturated rings. The van der Waals surface area contributed by atoms with E-state index >= 15 is 0 Å². The van der Waals surface area contributed by atoms with Crippen molar-refractivity contribution in [1.82, 2.24) is 39.7 Å². The third-order valence-corrected chi connectivity index (χ3v) is 6.90. The van der Waals surface area contributed by atoms with Crippen molar-refractivity contribution in [1.29, 1.82) is 0 Å². The summed E-state index contributed by atoms with van der Waals surface area (Å²) in [5.41, 5.74) is 3.15. The predicted molar refractivity (Wildman–Crippen MR) is 139 cm³/mol. The lowest BCUT2D eigenvalue weighted by atomic mass is 10.0. The van der Waals surface area contributed by atoms with Crippen LogP contribution in [0.25, 0.3) is 28.1 Å². The third kappa shape index (κ3) is 4.32. The predicted octanol–water partition coefficient (Wildman–Crippen LogP) is 3.72.